The van der Waals surface area contributed by atoms with Crippen LogP contribution in [-0.4, -0.2) is 41.0 Å². The Morgan fingerprint density at radius 2 is 2.13 bits per heavy atom. The molecule has 0 bridgehead atoms. The number of piperidine rings is 1. The standard InChI is InChI=1S/C18H21N3O2/c1-23-16-6-4-14(5-7-16)11-18(22)21-10-2-3-15(12-21)17-8-9-19-13-20-17/h4-9,13,15H,2-3,10-12H2,1H3. The van der Waals surface area contributed by atoms with Gasteiger partial charge in [-0.1, -0.05) is 12.1 Å². The Morgan fingerprint density at radius 1 is 1.30 bits per heavy atom. The Hall–Kier alpha value is -2.43. The fraction of sp³-hybridized carbons (Fsp3) is 0.389. The minimum Gasteiger partial charge on any atom is -0.497 e. The molecule has 1 atom stereocenters. The molecular formula is C18H21N3O2. The van der Waals surface area contributed by atoms with Gasteiger partial charge in [0, 0.05) is 30.9 Å². The normalized spacial score (nSPS) is 17.8. The zero-order chi connectivity index (χ0) is 16.1. The summed E-state index contributed by atoms with van der Waals surface area (Å²) in [6.07, 6.45) is 5.86. The van der Waals surface area contributed by atoms with Crippen molar-refractivity contribution in [2.75, 3.05) is 20.2 Å². The summed E-state index contributed by atoms with van der Waals surface area (Å²) in [6, 6.07) is 9.62. The first kappa shape index (κ1) is 15.5. The molecule has 5 nitrogen and oxygen atoms in total. The molecular weight excluding hydrogens is 290 g/mol. The molecule has 0 spiro atoms. The molecule has 1 amide bonds. The molecule has 0 radical (unpaired) electrons. The Labute approximate surface area is 136 Å². The largest absolute Gasteiger partial charge is 0.497 e. The van der Waals surface area contributed by atoms with Gasteiger partial charge in [0.1, 0.15) is 12.1 Å². The van der Waals surface area contributed by atoms with Crippen molar-refractivity contribution in [2.45, 2.75) is 25.2 Å². The van der Waals surface area contributed by atoms with Crippen LogP contribution < -0.4 is 4.74 Å². The van der Waals surface area contributed by atoms with Gasteiger partial charge in [-0.2, -0.15) is 0 Å². The number of amides is 1. The van der Waals surface area contributed by atoms with Crippen LogP contribution >= 0.6 is 0 Å². The van der Waals surface area contributed by atoms with Crippen LogP contribution in [0.5, 0.6) is 5.75 Å². The maximum Gasteiger partial charge on any atom is 0.227 e. The third kappa shape index (κ3) is 3.86. The summed E-state index contributed by atoms with van der Waals surface area (Å²) >= 11 is 0. The molecule has 0 aliphatic carbocycles. The van der Waals surface area contributed by atoms with Crippen LogP contribution in [0.1, 0.15) is 30.0 Å². The van der Waals surface area contributed by atoms with Crippen molar-refractivity contribution in [1.29, 1.82) is 0 Å². The number of benzene rings is 1. The van der Waals surface area contributed by atoms with Crippen molar-refractivity contribution < 1.29 is 9.53 Å². The Balaban J connectivity index is 1.62. The SMILES string of the molecule is COc1ccc(CC(=O)N2CCCC(c3ccncn3)C2)cc1. The fourth-order valence-corrected chi connectivity index (χ4v) is 3.02. The van der Waals surface area contributed by atoms with Gasteiger partial charge in [-0.05, 0) is 36.6 Å². The minimum absolute atomic E-state index is 0.175. The topological polar surface area (TPSA) is 55.3 Å². The van der Waals surface area contributed by atoms with Crippen molar-refractivity contribution in [3.8, 4) is 5.75 Å². The molecule has 5 heteroatoms. The number of hydrogen-bond acceptors (Lipinski definition) is 4. The summed E-state index contributed by atoms with van der Waals surface area (Å²) in [6.45, 7) is 1.57. The van der Waals surface area contributed by atoms with E-state index < -0.39 is 0 Å². The zero-order valence-corrected chi connectivity index (χ0v) is 13.3. The van der Waals surface area contributed by atoms with Crippen molar-refractivity contribution in [2.24, 2.45) is 0 Å². The number of methoxy groups -OCH3 is 1. The van der Waals surface area contributed by atoms with Gasteiger partial charge in [-0.25, -0.2) is 9.97 Å². The monoisotopic (exact) mass is 311 g/mol. The zero-order valence-electron chi connectivity index (χ0n) is 13.3. The van der Waals surface area contributed by atoms with Crippen molar-refractivity contribution >= 4 is 5.91 Å². The van der Waals surface area contributed by atoms with Crippen molar-refractivity contribution in [3.05, 3.63) is 54.1 Å². The van der Waals surface area contributed by atoms with Crippen LogP contribution in [0.15, 0.2) is 42.9 Å². The molecule has 3 rings (SSSR count). The summed E-state index contributed by atoms with van der Waals surface area (Å²) in [7, 11) is 1.64. The van der Waals surface area contributed by atoms with E-state index in [9.17, 15) is 4.79 Å². The Morgan fingerprint density at radius 3 is 2.83 bits per heavy atom. The Bertz CT molecular complexity index is 643. The van der Waals surface area contributed by atoms with Gasteiger partial charge >= 0.3 is 0 Å². The molecule has 0 saturated carbocycles. The lowest BCUT2D eigenvalue weighted by molar-refractivity contribution is -0.131. The van der Waals surface area contributed by atoms with E-state index in [1.165, 1.54) is 0 Å². The molecule has 120 valence electrons. The predicted octanol–water partition coefficient (Wildman–Crippen LogP) is 2.43. The van der Waals surface area contributed by atoms with Gasteiger partial charge in [0.25, 0.3) is 0 Å². The molecule has 1 saturated heterocycles. The summed E-state index contributed by atoms with van der Waals surface area (Å²) in [5.41, 5.74) is 2.04. The van der Waals surface area contributed by atoms with Gasteiger partial charge in [0.2, 0.25) is 5.91 Å². The molecule has 0 N–H and O–H groups in total. The van der Waals surface area contributed by atoms with E-state index in [0.29, 0.717) is 12.3 Å². The van der Waals surface area contributed by atoms with Gasteiger partial charge in [0.05, 0.1) is 13.5 Å². The number of hydrogen-bond donors (Lipinski definition) is 0. The Kier molecular flexibility index (Phi) is 4.86. The molecule has 1 aliphatic heterocycles. The second-order valence-corrected chi connectivity index (χ2v) is 5.84. The van der Waals surface area contributed by atoms with Gasteiger partial charge in [0.15, 0.2) is 0 Å². The number of carbonyl (C=O) groups is 1. The van der Waals surface area contributed by atoms with E-state index in [2.05, 4.69) is 9.97 Å². The molecule has 2 aromatic rings. The highest BCUT2D eigenvalue weighted by atomic mass is 16.5. The second-order valence-electron chi connectivity index (χ2n) is 5.84. The quantitative estimate of drug-likeness (QED) is 0.870. The van der Waals surface area contributed by atoms with Crippen LogP contribution in [0.4, 0.5) is 0 Å². The summed E-state index contributed by atoms with van der Waals surface area (Å²) in [5.74, 6) is 1.29. The van der Waals surface area contributed by atoms with Crippen molar-refractivity contribution in [3.63, 3.8) is 0 Å². The van der Waals surface area contributed by atoms with Crippen molar-refractivity contribution in [1.82, 2.24) is 14.9 Å². The number of nitrogens with zero attached hydrogens (tertiary/aromatic N) is 3. The fourth-order valence-electron chi connectivity index (χ4n) is 3.02. The van der Waals surface area contributed by atoms with E-state index in [0.717, 1.165) is 42.9 Å². The maximum atomic E-state index is 12.6. The lowest BCUT2D eigenvalue weighted by Gasteiger charge is -2.32. The third-order valence-corrected chi connectivity index (χ3v) is 4.31. The summed E-state index contributed by atoms with van der Waals surface area (Å²) in [4.78, 5) is 22.8. The van der Waals surface area contributed by atoms with Crippen LogP contribution in [0.2, 0.25) is 0 Å². The smallest absolute Gasteiger partial charge is 0.227 e. The number of aromatic nitrogens is 2. The van der Waals surface area contributed by atoms with E-state index in [1.807, 2.05) is 35.2 Å². The summed E-state index contributed by atoms with van der Waals surface area (Å²) < 4.78 is 5.15. The third-order valence-electron chi connectivity index (χ3n) is 4.31. The number of rotatable bonds is 4. The average Bonchev–Trinajstić information content (AvgIpc) is 2.63. The molecule has 1 aromatic carbocycles. The first-order valence-electron chi connectivity index (χ1n) is 7.93. The molecule has 23 heavy (non-hydrogen) atoms. The molecule has 1 unspecified atom stereocenters. The van der Waals surface area contributed by atoms with Gasteiger partial charge in [-0.3, -0.25) is 4.79 Å². The van der Waals surface area contributed by atoms with E-state index in [-0.39, 0.29) is 5.91 Å². The second kappa shape index (κ2) is 7.22. The summed E-state index contributed by atoms with van der Waals surface area (Å²) in [5, 5.41) is 0. The van der Waals surface area contributed by atoms with Crippen LogP contribution in [0.3, 0.4) is 0 Å². The highest BCUT2D eigenvalue weighted by molar-refractivity contribution is 5.79. The van der Waals surface area contributed by atoms with E-state index in [1.54, 1.807) is 19.6 Å². The first-order chi connectivity index (χ1) is 11.3. The maximum absolute atomic E-state index is 12.6. The van der Waals surface area contributed by atoms with Crippen LogP contribution in [0, 0.1) is 0 Å². The number of ether oxygens (including phenoxy) is 1. The average molecular weight is 311 g/mol. The molecule has 1 aliphatic rings. The highest BCUT2D eigenvalue weighted by Crippen LogP contribution is 2.25. The molecule has 1 fully saturated rings. The molecule has 2 heterocycles. The van der Waals surface area contributed by atoms with Gasteiger partial charge < -0.3 is 9.64 Å². The minimum atomic E-state index is 0.175. The van der Waals surface area contributed by atoms with Crippen LogP contribution in [-0.2, 0) is 11.2 Å². The highest BCUT2D eigenvalue weighted by Gasteiger charge is 2.25. The molecule has 1 aromatic heterocycles. The first-order valence-corrected chi connectivity index (χ1v) is 7.93. The van der Waals surface area contributed by atoms with Gasteiger partial charge in [-0.15, -0.1) is 0 Å². The lowest BCUT2D eigenvalue weighted by Crippen LogP contribution is -2.40. The van der Waals surface area contributed by atoms with E-state index in [4.69, 9.17) is 4.74 Å². The lowest BCUT2D eigenvalue weighted by atomic mass is 9.94. The van der Waals surface area contributed by atoms with Crippen LogP contribution in [0.25, 0.3) is 0 Å². The number of likely N-dealkylation sites (tertiary alicyclic amines) is 1. The number of carbonyl (C=O) groups excluding carboxylic acids is 1. The van der Waals surface area contributed by atoms with E-state index >= 15 is 0 Å². The predicted molar refractivity (Wildman–Crippen MR) is 87.3 cm³/mol.